The van der Waals surface area contributed by atoms with Gasteiger partial charge in [0.05, 0.1) is 6.20 Å². The predicted octanol–water partition coefficient (Wildman–Crippen LogP) is 3.45. The number of aryl methyl sites for hydroxylation is 1. The van der Waals surface area contributed by atoms with Crippen LogP contribution >= 0.6 is 0 Å². The molecule has 1 heterocycles. The Balaban J connectivity index is 2.42. The predicted molar refractivity (Wildman–Crippen MR) is 59.0 cm³/mol. The topological polar surface area (TPSA) is 12.9 Å². The first-order valence-corrected chi connectivity index (χ1v) is 5.00. The van der Waals surface area contributed by atoms with Gasteiger partial charge in [-0.3, -0.25) is 4.98 Å². The van der Waals surface area contributed by atoms with Crippen molar-refractivity contribution >= 4 is 0 Å². The maximum atomic E-state index is 13.4. The molecule has 0 N–H and O–H groups in total. The number of rotatable bonds is 2. The number of halogens is 1. The highest BCUT2D eigenvalue weighted by molar-refractivity contribution is 5.63. The first-order chi connectivity index (χ1) is 7.31. The molecule has 0 spiro atoms. The molecule has 2 heteroatoms. The van der Waals surface area contributed by atoms with E-state index < -0.39 is 0 Å². The lowest BCUT2D eigenvalue weighted by Gasteiger charge is -2.03. The van der Waals surface area contributed by atoms with Gasteiger partial charge in [0.25, 0.3) is 0 Å². The summed E-state index contributed by atoms with van der Waals surface area (Å²) in [5.41, 5.74) is 2.76. The maximum Gasteiger partial charge on any atom is 0.149 e. The summed E-state index contributed by atoms with van der Waals surface area (Å²) >= 11 is 0. The Morgan fingerprint density at radius 3 is 2.47 bits per heavy atom. The monoisotopic (exact) mass is 201 g/mol. The second-order valence-electron chi connectivity index (χ2n) is 3.41. The van der Waals surface area contributed by atoms with Gasteiger partial charge in [0.15, 0.2) is 0 Å². The van der Waals surface area contributed by atoms with E-state index >= 15 is 0 Å². The molecule has 0 amide bonds. The van der Waals surface area contributed by atoms with Crippen LogP contribution in [0.25, 0.3) is 11.1 Å². The van der Waals surface area contributed by atoms with Crippen LogP contribution in [-0.2, 0) is 6.42 Å². The molecule has 76 valence electrons. The molecule has 0 unspecified atom stereocenters. The minimum Gasteiger partial charge on any atom is -0.262 e. The fourth-order valence-corrected chi connectivity index (χ4v) is 1.53. The third-order valence-corrected chi connectivity index (χ3v) is 2.45. The Hall–Kier alpha value is -1.70. The highest BCUT2D eigenvalue weighted by Gasteiger charge is 2.03. The molecule has 2 rings (SSSR count). The number of aromatic nitrogens is 1. The van der Waals surface area contributed by atoms with Crippen LogP contribution in [0.4, 0.5) is 4.39 Å². The van der Waals surface area contributed by atoms with Gasteiger partial charge >= 0.3 is 0 Å². The summed E-state index contributed by atoms with van der Waals surface area (Å²) < 4.78 is 13.4. The first-order valence-electron chi connectivity index (χ1n) is 5.00. The molecule has 0 aliphatic carbocycles. The van der Waals surface area contributed by atoms with Gasteiger partial charge < -0.3 is 0 Å². The zero-order valence-electron chi connectivity index (χ0n) is 8.57. The largest absolute Gasteiger partial charge is 0.262 e. The molecule has 0 saturated heterocycles. The van der Waals surface area contributed by atoms with Gasteiger partial charge in [-0.15, -0.1) is 0 Å². The number of hydrogen-bond acceptors (Lipinski definition) is 1. The molecule has 15 heavy (non-hydrogen) atoms. The average molecular weight is 201 g/mol. The van der Waals surface area contributed by atoms with E-state index in [1.807, 2.05) is 24.3 Å². The lowest BCUT2D eigenvalue weighted by atomic mass is 10.0. The normalized spacial score (nSPS) is 10.3. The lowest BCUT2D eigenvalue weighted by Crippen LogP contribution is -1.86. The summed E-state index contributed by atoms with van der Waals surface area (Å²) in [6, 6.07) is 9.62. The van der Waals surface area contributed by atoms with Gasteiger partial charge in [-0.2, -0.15) is 0 Å². The molecule has 1 aromatic heterocycles. The van der Waals surface area contributed by atoms with Crippen LogP contribution in [0.2, 0.25) is 0 Å². The van der Waals surface area contributed by atoms with Gasteiger partial charge in [0, 0.05) is 11.8 Å². The minimum atomic E-state index is -0.276. The van der Waals surface area contributed by atoms with Crippen molar-refractivity contribution < 1.29 is 4.39 Å². The summed E-state index contributed by atoms with van der Waals surface area (Å²) in [6.07, 6.45) is 3.84. The summed E-state index contributed by atoms with van der Waals surface area (Å²) in [6.45, 7) is 2.10. The van der Waals surface area contributed by atoms with E-state index in [-0.39, 0.29) is 5.82 Å². The van der Waals surface area contributed by atoms with Gasteiger partial charge in [-0.1, -0.05) is 31.2 Å². The molecule has 0 aliphatic rings. The molecule has 2 aromatic rings. The zero-order chi connectivity index (χ0) is 10.7. The summed E-state index contributed by atoms with van der Waals surface area (Å²) in [5.74, 6) is -0.276. The molecule has 1 nitrogen and oxygen atoms in total. The molecule has 0 saturated carbocycles. The van der Waals surface area contributed by atoms with Gasteiger partial charge in [0.2, 0.25) is 0 Å². The molecule has 0 aliphatic heterocycles. The SMILES string of the molecule is CCc1ccc(-c2ccncc2F)cc1. The highest BCUT2D eigenvalue weighted by atomic mass is 19.1. The summed E-state index contributed by atoms with van der Waals surface area (Å²) in [7, 11) is 0. The number of nitrogens with zero attached hydrogens (tertiary/aromatic N) is 1. The molecule has 1 aromatic carbocycles. The van der Waals surface area contributed by atoms with E-state index in [2.05, 4.69) is 11.9 Å². The molecule has 0 radical (unpaired) electrons. The number of hydrogen-bond donors (Lipinski definition) is 0. The first kappa shape index (κ1) is 9.84. The van der Waals surface area contributed by atoms with E-state index in [0.717, 1.165) is 12.0 Å². The molecular formula is C13H12FN. The van der Waals surface area contributed by atoms with Crippen molar-refractivity contribution in [2.75, 3.05) is 0 Å². The molecular weight excluding hydrogens is 189 g/mol. The Morgan fingerprint density at radius 2 is 1.87 bits per heavy atom. The second-order valence-corrected chi connectivity index (χ2v) is 3.41. The zero-order valence-corrected chi connectivity index (χ0v) is 8.57. The maximum absolute atomic E-state index is 13.4. The van der Waals surface area contributed by atoms with Crippen LogP contribution in [0.1, 0.15) is 12.5 Å². The Labute approximate surface area is 88.6 Å². The van der Waals surface area contributed by atoms with Crippen LogP contribution in [-0.4, -0.2) is 4.98 Å². The Morgan fingerprint density at radius 1 is 1.13 bits per heavy atom. The van der Waals surface area contributed by atoms with Crippen LogP contribution in [0.15, 0.2) is 42.7 Å². The highest BCUT2D eigenvalue weighted by Crippen LogP contribution is 2.21. The minimum absolute atomic E-state index is 0.276. The molecule has 0 atom stereocenters. The van der Waals surface area contributed by atoms with E-state index in [0.29, 0.717) is 5.56 Å². The van der Waals surface area contributed by atoms with Crippen molar-refractivity contribution in [3.8, 4) is 11.1 Å². The van der Waals surface area contributed by atoms with Crippen LogP contribution in [0, 0.1) is 5.82 Å². The molecule has 0 fully saturated rings. The van der Waals surface area contributed by atoms with Crippen LogP contribution in [0.3, 0.4) is 0 Å². The van der Waals surface area contributed by atoms with Crippen molar-refractivity contribution in [3.05, 3.63) is 54.1 Å². The average Bonchev–Trinajstić information content (AvgIpc) is 2.30. The second kappa shape index (κ2) is 4.22. The van der Waals surface area contributed by atoms with Crippen molar-refractivity contribution in [2.24, 2.45) is 0 Å². The van der Waals surface area contributed by atoms with Gasteiger partial charge in [0.1, 0.15) is 5.82 Å². The van der Waals surface area contributed by atoms with Crippen molar-refractivity contribution in [2.45, 2.75) is 13.3 Å². The number of benzene rings is 1. The fraction of sp³-hybridized carbons (Fsp3) is 0.154. The van der Waals surface area contributed by atoms with E-state index in [1.165, 1.54) is 11.8 Å². The van der Waals surface area contributed by atoms with E-state index in [4.69, 9.17) is 0 Å². The number of pyridine rings is 1. The summed E-state index contributed by atoms with van der Waals surface area (Å²) in [5, 5.41) is 0. The standard InChI is InChI=1S/C13H12FN/c1-2-10-3-5-11(6-4-10)12-7-8-15-9-13(12)14/h3-9H,2H2,1H3. The van der Waals surface area contributed by atoms with Crippen molar-refractivity contribution in [1.82, 2.24) is 4.98 Å². The van der Waals surface area contributed by atoms with Crippen LogP contribution < -0.4 is 0 Å². The van der Waals surface area contributed by atoms with Crippen molar-refractivity contribution in [1.29, 1.82) is 0 Å². The quantitative estimate of drug-likeness (QED) is 0.725. The summed E-state index contributed by atoms with van der Waals surface area (Å²) in [4.78, 5) is 3.73. The van der Waals surface area contributed by atoms with Crippen LogP contribution in [0.5, 0.6) is 0 Å². The van der Waals surface area contributed by atoms with Gasteiger partial charge in [-0.25, -0.2) is 4.39 Å². The Bertz CT molecular complexity index is 448. The van der Waals surface area contributed by atoms with E-state index in [1.54, 1.807) is 12.3 Å². The van der Waals surface area contributed by atoms with Crippen molar-refractivity contribution in [3.63, 3.8) is 0 Å². The smallest absolute Gasteiger partial charge is 0.149 e. The van der Waals surface area contributed by atoms with Gasteiger partial charge in [-0.05, 0) is 23.6 Å². The Kier molecular flexibility index (Phi) is 2.77. The third kappa shape index (κ3) is 2.04. The third-order valence-electron chi connectivity index (χ3n) is 2.45. The fourth-order valence-electron chi connectivity index (χ4n) is 1.53. The lowest BCUT2D eigenvalue weighted by molar-refractivity contribution is 0.625. The van der Waals surface area contributed by atoms with E-state index in [9.17, 15) is 4.39 Å². The molecule has 0 bridgehead atoms.